The molecular weight excluding hydrogens is 294 g/mol. The van der Waals surface area contributed by atoms with E-state index in [2.05, 4.69) is 11.0 Å². The van der Waals surface area contributed by atoms with Crippen LogP contribution in [0.5, 0.6) is 0 Å². The number of nitrogens with zero attached hydrogens (tertiary/aromatic N) is 3. The number of hydrogen-bond acceptors (Lipinski definition) is 5. The zero-order chi connectivity index (χ0) is 16.9. The Bertz CT molecular complexity index is 490. The summed E-state index contributed by atoms with van der Waals surface area (Å²) in [7, 11) is 0. The molecule has 0 bridgehead atoms. The number of piperidine rings is 1. The number of rotatable bonds is 4. The Morgan fingerprint density at radius 1 is 1.35 bits per heavy atom. The maximum atomic E-state index is 12.7. The number of nitriles is 1. The molecule has 2 aliphatic rings. The van der Waals surface area contributed by atoms with Gasteiger partial charge in [0.15, 0.2) is 0 Å². The molecule has 2 aliphatic heterocycles. The molecule has 0 unspecified atom stereocenters. The minimum absolute atomic E-state index is 0.0443. The van der Waals surface area contributed by atoms with E-state index in [1.54, 1.807) is 11.0 Å². The van der Waals surface area contributed by atoms with Gasteiger partial charge in [-0.3, -0.25) is 9.69 Å². The molecule has 6 heteroatoms. The molecule has 128 valence electrons. The Labute approximate surface area is 138 Å². The maximum Gasteiger partial charge on any atom is 0.264 e. The molecule has 1 atom stereocenters. The van der Waals surface area contributed by atoms with Gasteiger partial charge < -0.3 is 14.7 Å². The molecule has 0 saturated carbocycles. The van der Waals surface area contributed by atoms with Gasteiger partial charge in [-0.1, -0.05) is 0 Å². The van der Waals surface area contributed by atoms with Crippen LogP contribution in [0, 0.1) is 11.3 Å². The van der Waals surface area contributed by atoms with Crippen molar-refractivity contribution < 1.29 is 14.6 Å². The SMILES string of the molecule is CC(C)(/C=C(/C#N)C(=O)N1CCCC[C@@H]1CO)N1CCOCC1. The van der Waals surface area contributed by atoms with Crippen molar-refractivity contribution in [1.82, 2.24) is 9.80 Å². The van der Waals surface area contributed by atoms with E-state index in [0.717, 1.165) is 32.4 Å². The normalized spacial score (nSPS) is 24.3. The first-order valence-corrected chi connectivity index (χ1v) is 8.37. The smallest absolute Gasteiger partial charge is 0.264 e. The third-order valence-corrected chi connectivity index (χ3v) is 4.77. The minimum atomic E-state index is -0.380. The van der Waals surface area contributed by atoms with Gasteiger partial charge >= 0.3 is 0 Å². The second-order valence-corrected chi connectivity index (χ2v) is 6.75. The maximum absolute atomic E-state index is 12.7. The Hall–Kier alpha value is -1.42. The van der Waals surface area contributed by atoms with Crippen LogP contribution in [0.1, 0.15) is 33.1 Å². The van der Waals surface area contributed by atoms with Gasteiger partial charge in [-0.2, -0.15) is 5.26 Å². The zero-order valence-corrected chi connectivity index (χ0v) is 14.1. The standard InChI is InChI=1S/C17H27N3O3/c1-17(2,19-7-9-23-10-8-19)11-14(12-18)16(22)20-6-4-3-5-15(20)13-21/h11,15,21H,3-10,13H2,1-2H3/b14-11-/t15-/m1/s1. The summed E-state index contributed by atoms with van der Waals surface area (Å²) < 4.78 is 5.37. The van der Waals surface area contributed by atoms with E-state index in [1.165, 1.54) is 0 Å². The summed E-state index contributed by atoms with van der Waals surface area (Å²) in [5.41, 5.74) is -0.212. The molecule has 1 amide bonds. The van der Waals surface area contributed by atoms with Crippen molar-refractivity contribution in [3.05, 3.63) is 11.6 Å². The first-order valence-electron chi connectivity index (χ1n) is 8.37. The third-order valence-electron chi connectivity index (χ3n) is 4.77. The van der Waals surface area contributed by atoms with Crippen LogP contribution in [0.2, 0.25) is 0 Å². The summed E-state index contributed by atoms with van der Waals surface area (Å²) in [5.74, 6) is -0.257. The Morgan fingerprint density at radius 2 is 2.04 bits per heavy atom. The number of ether oxygens (including phenoxy) is 1. The quantitative estimate of drug-likeness (QED) is 0.615. The molecule has 0 aliphatic carbocycles. The fourth-order valence-electron chi connectivity index (χ4n) is 3.34. The van der Waals surface area contributed by atoms with Gasteiger partial charge in [0.05, 0.1) is 25.9 Å². The summed E-state index contributed by atoms with van der Waals surface area (Å²) in [4.78, 5) is 16.6. The van der Waals surface area contributed by atoms with Crippen LogP contribution in [0.3, 0.4) is 0 Å². The molecule has 0 aromatic heterocycles. The van der Waals surface area contributed by atoms with Gasteiger partial charge in [-0.15, -0.1) is 0 Å². The molecule has 0 spiro atoms. The highest BCUT2D eigenvalue weighted by Gasteiger charge is 2.32. The van der Waals surface area contributed by atoms with Crippen LogP contribution in [-0.2, 0) is 9.53 Å². The summed E-state index contributed by atoms with van der Waals surface area (Å²) in [5, 5.41) is 19.0. The highest BCUT2D eigenvalue weighted by Crippen LogP contribution is 2.23. The number of aliphatic hydroxyl groups is 1. The number of hydrogen-bond donors (Lipinski definition) is 1. The highest BCUT2D eigenvalue weighted by molar-refractivity contribution is 5.97. The van der Waals surface area contributed by atoms with Gasteiger partial charge in [0.25, 0.3) is 5.91 Å². The lowest BCUT2D eigenvalue weighted by molar-refractivity contribution is -0.131. The molecule has 2 saturated heterocycles. The minimum Gasteiger partial charge on any atom is -0.394 e. The lowest BCUT2D eigenvalue weighted by atomic mass is 9.96. The predicted octanol–water partition coefficient (Wildman–Crippen LogP) is 0.921. The van der Waals surface area contributed by atoms with Crippen molar-refractivity contribution in [3.63, 3.8) is 0 Å². The Morgan fingerprint density at radius 3 is 2.65 bits per heavy atom. The van der Waals surface area contributed by atoms with Gasteiger partial charge in [-0.05, 0) is 39.2 Å². The van der Waals surface area contributed by atoms with Crippen molar-refractivity contribution in [2.45, 2.75) is 44.7 Å². The Kier molecular flexibility index (Phi) is 6.17. The fourth-order valence-corrected chi connectivity index (χ4v) is 3.34. The van der Waals surface area contributed by atoms with Gasteiger partial charge in [-0.25, -0.2) is 0 Å². The molecular formula is C17H27N3O3. The first kappa shape index (κ1) is 17.9. The molecule has 0 radical (unpaired) electrons. The fraction of sp³-hybridized carbons (Fsp3) is 0.765. The molecule has 23 heavy (non-hydrogen) atoms. The van der Waals surface area contributed by atoms with Crippen LogP contribution in [0.25, 0.3) is 0 Å². The van der Waals surface area contributed by atoms with Gasteiger partial charge in [0.2, 0.25) is 0 Å². The van der Waals surface area contributed by atoms with Crippen LogP contribution in [-0.4, -0.2) is 71.8 Å². The van der Waals surface area contributed by atoms with Crippen LogP contribution in [0.4, 0.5) is 0 Å². The molecule has 2 heterocycles. The number of aliphatic hydroxyl groups excluding tert-OH is 1. The third kappa shape index (κ3) is 4.31. The summed E-state index contributed by atoms with van der Waals surface area (Å²) in [6.07, 6.45) is 4.51. The number of amides is 1. The van der Waals surface area contributed by atoms with Crippen molar-refractivity contribution in [2.24, 2.45) is 0 Å². The molecule has 6 nitrogen and oxygen atoms in total. The molecule has 0 aromatic rings. The first-order chi connectivity index (χ1) is 11.0. The van der Waals surface area contributed by atoms with Crippen molar-refractivity contribution in [1.29, 1.82) is 5.26 Å². The second kappa shape index (κ2) is 7.91. The van der Waals surface area contributed by atoms with Crippen molar-refractivity contribution >= 4 is 5.91 Å². The highest BCUT2D eigenvalue weighted by atomic mass is 16.5. The lowest BCUT2D eigenvalue weighted by Gasteiger charge is -2.39. The number of carbonyl (C=O) groups excluding carboxylic acids is 1. The zero-order valence-electron chi connectivity index (χ0n) is 14.1. The average molecular weight is 321 g/mol. The number of morpholine rings is 1. The van der Waals surface area contributed by atoms with Gasteiger partial charge in [0.1, 0.15) is 11.6 Å². The summed E-state index contributed by atoms with van der Waals surface area (Å²) in [6, 6.07) is 1.90. The van der Waals surface area contributed by atoms with Crippen LogP contribution >= 0.6 is 0 Å². The topological polar surface area (TPSA) is 76.8 Å². The van der Waals surface area contributed by atoms with E-state index in [1.807, 2.05) is 13.8 Å². The van der Waals surface area contributed by atoms with E-state index in [4.69, 9.17) is 4.74 Å². The van der Waals surface area contributed by atoms with Crippen molar-refractivity contribution in [3.8, 4) is 6.07 Å². The molecule has 1 N–H and O–H groups in total. The van der Waals surface area contributed by atoms with E-state index in [-0.39, 0.29) is 29.7 Å². The molecule has 2 fully saturated rings. The van der Waals surface area contributed by atoms with E-state index < -0.39 is 0 Å². The lowest BCUT2D eigenvalue weighted by Crippen LogP contribution is -2.50. The van der Waals surface area contributed by atoms with E-state index >= 15 is 0 Å². The van der Waals surface area contributed by atoms with Gasteiger partial charge in [0, 0.05) is 25.2 Å². The van der Waals surface area contributed by atoms with E-state index in [0.29, 0.717) is 19.8 Å². The van der Waals surface area contributed by atoms with E-state index in [9.17, 15) is 15.2 Å². The average Bonchev–Trinajstić information content (AvgIpc) is 2.59. The predicted molar refractivity (Wildman–Crippen MR) is 86.6 cm³/mol. The molecule has 0 aromatic carbocycles. The van der Waals surface area contributed by atoms with Crippen LogP contribution < -0.4 is 0 Å². The second-order valence-electron chi connectivity index (χ2n) is 6.75. The number of carbonyl (C=O) groups is 1. The number of likely N-dealkylation sites (tertiary alicyclic amines) is 1. The van der Waals surface area contributed by atoms with Crippen molar-refractivity contribution in [2.75, 3.05) is 39.5 Å². The Balaban J connectivity index is 2.16. The summed E-state index contributed by atoms with van der Waals surface area (Å²) in [6.45, 7) is 7.53. The molecule has 2 rings (SSSR count). The monoisotopic (exact) mass is 321 g/mol. The largest absolute Gasteiger partial charge is 0.394 e. The van der Waals surface area contributed by atoms with Crippen LogP contribution in [0.15, 0.2) is 11.6 Å². The summed E-state index contributed by atoms with van der Waals surface area (Å²) >= 11 is 0.